The maximum Gasteiger partial charge on any atom is 0.417 e. The lowest BCUT2D eigenvalue weighted by Gasteiger charge is -2.29. The van der Waals surface area contributed by atoms with E-state index in [0.717, 1.165) is 18.2 Å². The molecule has 0 spiro atoms. The van der Waals surface area contributed by atoms with Gasteiger partial charge in [0.15, 0.2) is 15.1 Å². The Kier molecular flexibility index (Phi) is 7.30. The number of imide groups is 1. The molecule has 0 radical (unpaired) electrons. The zero-order chi connectivity index (χ0) is 24.6. The topological polar surface area (TPSA) is 80.8 Å². The van der Waals surface area contributed by atoms with Crippen LogP contribution in [0, 0.1) is 5.92 Å². The van der Waals surface area contributed by atoms with Crippen LogP contribution in [0.2, 0.25) is 10.0 Å². The summed E-state index contributed by atoms with van der Waals surface area (Å²) in [6, 6.07) is 10.5. The van der Waals surface area contributed by atoms with Crippen LogP contribution in [0.4, 0.5) is 18.0 Å². The number of alkyl halides is 3. The number of sulfone groups is 1. The van der Waals surface area contributed by atoms with Gasteiger partial charge in [0.25, 0.3) is 5.91 Å². The summed E-state index contributed by atoms with van der Waals surface area (Å²) in [5.41, 5.74) is 0.686. The molecule has 0 N–H and O–H groups in total. The molecular formula is C21H18Cl2F3NO5S. The van der Waals surface area contributed by atoms with Gasteiger partial charge in [0.05, 0.1) is 26.9 Å². The third kappa shape index (κ3) is 5.28. The zero-order valence-electron chi connectivity index (χ0n) is 17.1. The van der Waals surface area contributed by atoms with Crippen molar-refractivity contribution in [3.8, 4) is 0 Å². The number of rotatable bonds is 6. The van der Waals surface area contributed by atoms with Crippen LogP contribution >= 0.6 is 23.2 Å². The first kappa shape index (κ1) is 25.3. The van der Waals surface area contributed by atoms with E-state index in [-0.39, 0.29) is 23.1 Å². The first-order valence-corrected chi connectivity index (χ1v) is 11.9. The van der Waals surface area contributed by atoms with E-state index in [4.69, 9.17) is 27.9 Å². The second kappa shape index (κ2) is 9.52. The van der Waals surface area contributed by atoms with E-state index in [1.807, 2.05) is 0 Å². The number of cyclic esters (lactones) is 1. The summed E-state index contributed by atoms with van der Waals surface area (Å²) >= 11 is 11.6. The van der Waals surface area contributed by atoms with Crippen molar-refractivity contribution >= 4 is 45.0 Å². The van der Waals surface area contributed by atoms with Crippen LogP contribution in [0.3, 0.4) is 0 Å². The molecule has 33 heavy (non-hydrogen) atoms. The molecule has 3 atom stereocenters. The monoisotopic (exact) mass is 523 g/mol. The summed E-state index contributed by atoms with van der Waals surface area (Å²) in [5.74, 6) is -4.15. The van der Waals surface area contributed by atoms with E-state index in [1.54, 1.807) is 30.3 Å². The summed E-state index contributed by atoms with van der Waals surface area (Å²) < 4.78 is 72.4. The second-order valence-electron chi connectivity index (χ2n) is 7.50. The van der Waals surface area contributed by atoms with Crippen molar-refractivity contribution < 1.29 is 35.9 Å². The Morgan fingerprint density at radius 1 is 1.15 bits per heavy atom. The standard InChI is InChI=1S/C21H18Cl2F3NO5S/c1-12(21(24,25)26)18(33(30,31)15-7-8-16(22)17(23)10-15)19(28)27-14(11-32-20(27)29)9-13-5-3-2-4-6-13/h2-8,10,12,14,18H,9,11H2,1H3/t12-,14+,18+/m1/s1. The average Bonchev–Trinajstić information content (AvgIpc) is 3.09. The highest BCUT2D eigenvalue weighted by Crippen LogP contribution is 2.37. The molecule has 1 heterocycles. The third-order valence-corrected chi connectivity index (χ3v) is 8.21. The van der Waals surface area contributed by atoms with E-state index in [0.29, 0.717) is 17.4 Å². The molecule has 0 bridgehead atoms. The van der Waals surface area contributed by atoms with Crippen molar-refractivity contribution in [2.24, 2.45) is 5.92 Å². The molecular weight excluding hydrogens is 506 g/mol. The first-order valence-electron chi connectivity index (χ1n) is 9.63. The van der Waals surface area contributed by atoms with Gasteiger partial charge in [-0.2, -0.15) is 13.2 Å². The van der Waals surface area contributed by atoms with E-state index in [1.165, 1.54) is 0 Å². The second-order valence-corrected chi connectivity index (χ2v) is 10.4. The number of hydrogen-bond donors (Lipinski definition) is 0. The molecule has 2 aromatic rings. The Morgan fingerprint density at radius 3 is 2.36 bits per heavy atom. The predicted molar refractivity (Wildman–Crippen MR) is 115 cm³/mol. The van der Waals surface area contributed by atoms with Crippen molar-refractivity contribution in [3.05, 3.63) is 64.1 Å². The highest BCUT2D eigenvalue weighted by atomic mass is 35.5. The summed E-state index contributed by atoms with van der Waals surface area (Å²) in [6.07, 6.45) is -6.18. The highest BCUT2D eigenvalue weighted by molar-refractivity contribution is 7.92. The van der Waals surface area contributed by atoms with Crippen LogP contribution in [0.15, 0.2) is 53.4 Å². The minimum absolute atomic E-state index is 0.0200. The third-order valence-electron chi connectivity index (χ3n) is 5.28. The Balaban J connectivity index is 2.05. The van der Waals surface area contributed by atoms with Crippen LogP contribution in [0.25, 0.3) is 0 Å². The molecule has 0 saturated carbocycles. The van der Waals surface area contributed by atoms with Crippen LogP contribution in [-0.4, -0.2) is 49.4 Å². The summed E-state index contributed by atoms with van der Waals surface area (Å²) in [4.78, 5) is 25.5. The molecule has 3 rings (SSSR count). The fourth-order valence-electron chi connectivity index (χ4n) is 3.49. The Bertz CT molecular complexity index is 1160. The Labute approximate surface area is 198 Å². The largest absolute Gasteiger partial charge is 0.447 e. The van der Waals surface area contributed by atoms with Gasteiger partial charge in [0, 0.05) is 0 Å². The minimum Gasteiger partial charge on any atom is -0.447 e. The van der Waals surface area contributed by atoms with Crippen LogP contribution < -0.4 is 0 Å². The van der Waals surface area contributed by atoms with Gasteiger partial charge in [0.2, 0.25) is 0 Å². The number of benzene rings is 2. The van der Waals surface area contributed by atoms with E-state index in [2.05, 4.69) is 0 Å². The van der Waals surface area contributed by atoms with Gasteiger partial charge >= 0.3 is 12.3 Å². The highest BCUT2D eigenvalue weighted by Gasteiger charge is 2.54. The number of carbonyl (C=O) groups excluding carboxylic acids is 2. The molecule has 6 nitrogen and oxygen atoms in total. The molecule has 1 aliphatic rings. The number of amides is 2. The van der Waals surface area contributed by atoms with Crippen LogP contribution in [0.5, 0.6) is 0 Å². The number of carbonyl (C=O) groups is 2. The number of nitrogens with zero attached hydrogens (tertiary/aromatic N) is 1. The number of ether oxygens (including phenoxy) is 1. The Morgan fingerprint density at radius 2 is 1.79 bits per heavy atom. The zero-order valence-corrected chi connectivity index (χ0v) is 19.4. The lowest BCUT2D eigenvalue weighted by Crippen LogP contribution is -2.53. The maximum atomic E-state index is 13.7. The molecule has 1 saturated heterocycles. The van der Waals surface area contributed by atoms with Gasteiger partial charge in [-0.3, -0.25) is 4.79 Å². The maximum absolute atomic E-state index is 13.7. The summed E-state index contributed by atoms with van der Waals surface area (Å²) in [6.45, 7) is 0.296. The smallest absolute Gasteiger partial charge is 0.417 e. The minimum atomic E-state index is -5.05. The number of halogens is 5. The van der Waals surface area contributed by atoms with Crippen molar-refractivity contribution in [2.45, 2.75) is 35.7 Å². The van der Waals surface area contributed by atoms with Gasteiger partial charge in [-0.1, -0.05) is 60.5 Å². The van der Waals surface area contributed by atoms with Crippen LogP contribution in [0.1, 0.15) is 12.5 Å². The number of hydrogen-bond acceptors (Lipinski definition) is 5. The fourth-order valence-corrected chi connectivity index (χ4v) is 5.76. The summed E-state index contributed by atoms with van der Waals surface area (Å²) in [7, 11) is -4.94. The van der Waals surface area contributed by atoms with Gasteiger partial charge in [-0.15, -0.1) is 0 Å². The quantitative estimate of drug-likeness (QED) is 0.536. The molecule has 1 aliphatic heterocycles. The van der Waals surface area contributed by atoms with E-state index in [9.17, 15) is 31.2 Å². The Hall–Kier alpha value is -2.30. The van der Waals surface area contributed by atoms with Crippen LogP contribution in [-0.2, 0) is 25.8 Å². The molecule has 1 fully saturated rings. The normalized spacial score (nSPS) is 18.7. The molecule has 12 heteroatoms. The van der Waals surface area contributed by atoms with Gasteiger partial charge < -0.3 is 4.74 Å². The van der Waals surface area contributed by atoms with Crippen molar-refractivity contribution in [3.63, 3.8) is 0 Å². The molecule has 178 valence electrons. The fraction of sp³-hybridized carbons (Fsp3) is 0.333. The molecule has 2 aromatic carbocycles. The lowest BCUT2D eigenvalue weighted by atomic mass is 10.0. The molecule has 2 amide bonds. The van der Waals surface area contributed by atoms with Crippen molar-refractivity contribution in [1.29, 1.82) is 0 Å². The lowest BCUT2D eigenvalue weighted by molar-refractivity contribution is -0.174. The van der Waals surface area contributed by atoms with Crippen molar-refractivity contribution in [2.75, 3.05) is 6.61 Å². The molecule has 0 aliphatic carbocycles. The van der Waals surface area contributed by atoms with E-state index < -0.39 is 50.1 Å². The van der Waals surface area contributed by atoms with E-state index >= 15 is 0 Å². The van der Waals surface area contributed by atoms with Crippen molar-refractivity contribution in [1.82, 2.24) is 4.90 Å². The summed E-state index contributed by atoms with van der Waals surface area (Å²) in [5, 5.41) is -2.88. The average molecular weight is 524 g/mol. The van der Waals surface area contributed by atoms with Gasteiger partial charge in [0.1, 0.15) is 6.61 Å². The first-order chi connectivity index (χ1) is 15.3. The predicted octanol–water partition coefficient (Wildman–Crippen LogP) is 4.92. The van der Waals surface area contributed by atoms with Gasteiger partial charge in [-0.25, -0.2) is 18.1 Å². The van der Waals surface area contributed by atoms with Gasteiger partial charge in [-0.05, 0) is 30.2 Å². The SMILES string of the molecule is C[C@H]([C@@H](C(=O)N1C(=O)OC[C@@H]1Cc1ccccc1)S(=O)(=O)c1ccc(Cl)c(Cl)c1)C(F)(F)F. The molecule has 0 unspecified atom stereocenters. The molecule has 0 aromatic heterocycles.